The summed E-state index contributed by atoms with van der Waals surface area (Å²) in [5, 5.41) is 10.1. The molecule has 0 radical (unpaired) electrons. The van der Waals surface area contributed by atoms with E-state index in [4.69, 9.17) is 14.2 Å². The third-order valence-electron chi connectivity index (χ3n) is 3.34. The van der Waals surface area contributed by atoms with Crippen molar-refractivity contribution in [2.24, 2.45) is 0 Å². The van der Waals surface area contributed by atoms with Gasteiger partial charge in [-0.25, -0.2) is 4.98 Å². The van der Waals surface area contributed by atoms with E-state index in [0.29, 0.717) is 31.3 Å². The number of nitrogens with one attached hydrogen (secondary N) is 2. The third-order valence-corrected chi connectivity index (χ3v) is 3.34. The van der Waals surface area contributed by atoms with E-state index in [1.807, 2.05) is 19.1 Å². The van der Waals surface area contributed by atoms with E-state index in [0.717, 1.165) is 17.1 Å². The Bertz CT molecular complexity index is 583. The summed E-state index contributed by atoms with van der Waals surface area (Å²) in [6, 6.07) is 4.00. The molecule has 1 aliphatic heterocycles. The smallest absolute Gasteiger partial charge is 0.203 e. The van der Waals surface area contributed by atoms with Crippen LogP contribution >= 0.6 is 0 Å². The summed E-state index contributed by atoms with van der Waals surface area (Å²) in [7, 11) is 1.63. The topological polar surface area (TPSA) is 81.3 Å². The van der Waals surface area contributed by atoms with Gasteiger partial charge in [0.2, 0.25) is 5.75 Å². The first-order valence-electron chi connectivity index (χ1n) is 6.83. The van der Waals surface area contributed by atoms with Crippen LogP contribution in [0.2, 0.25) is 0 Å². The Morgan fingerprint density at radius 2 is 2.24 bits per heavy atom. The average molecular weight is 290 g/mol. The predicted octanol–water partition coefficient (Wildman–Crippen LogP) is 1.44. The zero-order valence-electron chi connectivity index (χ0n) is 12.0. The third kappa shape index (κ3) is 2.92. The van der Waals surface area contributed by atoms with Gasteiger partial charge in [-0.1, -0.05) is 0 Å². The van der Waals surface area contributed by atoms with Crippen LogP contribution in [0, 0.1) is 0 Å². The van der Waals surface area contributed by atoms with Crippen molar-refractivity contribution < 1.29 is 14.2 Å². The SMILES string of the molecule is COc1cc(CNC(C)c2ncn[nH]2)cc2c1OCCO2. The maximum Gasteiger partial charge on any atom is 0.203 e. The molecule has 0 bridgehead atoms. The summed E-state index contributed by atoms with van der Waals surface area (Å²) >= 11 is 0. The van der Waals surface area contributed by atoms with Crippen molar-refractivity contribution in [2.75, 3.05) is 20.3 Å². The number of aromatic amines is 1. The summed E-state index contributed by atoms with van der Waals surface area (Å²) in [4.78, 5) is 4.13. The Balaban J connectivity index is 1.73. The lowest BCUT2D eigenvalue weighted by molar-refractivity contribution is 0.165. The van der Waals surface area contributed by atoms with Crippen LogP contribution in [0.3, 0.4) is 0 Å². The summed E-state index contributed by atoms with van der Waals surface area (Å²) in [5.41, 5.74) is 1.06. The number of H-pyrrole nitrogens is 1. The molecule has 2 N–H and O–H groups in total. The molecule has 0 saturated carbocycles. The maximum atomic E-state index is 5.62. The van der Waals surface area contributed by atoms with E-state index in [1.54, 1.807) is 7.11 Å². The van der Waals surface area contributed by atoms with Gasteiger partial charge in [0.25, 0.3) is 0 Å². The molecule has 21 heavy (non-hydrogen) atoms. The van der Waals surface area contributed by atoms with E-state index < -0.39 is 0 Å². The van der Waals surface area contributed by atoms with Gasteiger partial charge in [0.1, 0.15) is 25.4 Å². The van der Waals surface area contributed by atoms with Crippen molar-refractivity contribution in [3.63, 3.8) is 0 Å². The molecule has 112 valence electrons. The van der Waals surface area contributed by atoms with Crippen LogP contribution in [0.25, 0.3) is 0 Å². The van der Waals surface area contributed by atoms with Gasteiger partial charge in [0.15, 0.2) is 11.5 Å². The molecule has 0 fully saturated rings. The summed E-state index contributed by atoms with van der Waals surface area (Å²) in [6.45, 7) is 3.79. The van der Waals surface area contributed by atoms with E-state index in [9.17, 15) is 0 Å². The molecule has 7 heteroatoms. The van der Waals surface area contributed by atoms with Gasteiger partial charge in [-0.3, -0.25) is 5.10 Å². The standard InChI is InChI=1S/C14H18N4O3/c1-9(14-16-8-17-18-14)15-7-10-5-11(19-2)13-12(6-10)20-3-4-21-13/h5-6,8-9,15H,3-4,7H2,1-2H3,(H,16,17,18). The first-order chi connectivity index (χ1) is 10.3. The van der Waals surface area contributed by atoms with Crippen LogP contribution in [-0.2, 0) is 6.54 Å². The Hall–Kier alpha value is -2.28. The first-order valence-corrected chi connectivity index (χ1v) is 6.83. The fourth-order valence-electron chi connectivity index (χ4n) is 2.22. The molecule has 1 aromatic heterocycles. The van der Waals surface area contributed by atoms with Crippen molar-refractivity contribution in [1.82, 2.24) is 20.5 Å². The molecule has 3 rings (SSSR count). The van der Waals surface area contributed by atoms with Gasteiger partial charge in [-0.2, -0.15) is 5.10 Å². The molecule has 0 spiro atoms. The monoisotopic (exact) mass is 290 g/mol. The first kappa shape index (κ1) is 13.7. The van der Waals surface area contributed by atoms with Crippen LogP contribution in [0.15, 0.2) is 18.5 Å². The molecule has 0 aliphatic carbocycles. The molecule has 1 unspecified atom stereocenters. The van der Waals surface area contributed by atoms with Gasteiger partial charge in [0, 0.05) is 6.54 Å². The van der Waals surface area contributed by atoms with Crippen molar-refractivity contribution in [1.29, 1.82) is 0 Å². The predicted molar refractivity (Wildman–Crippen MR) is 75.6 cm³/mol. The van der Waals surface area contributed by atoms with Gasteiger partial charge in [-0.05, 0) is 24.6 Å². The van der Waals surface area contributed by atoms with Crippen molar-refractivity contribution >= 4 is 0 Å². The van der Waals surface area contributed by atoms with E-state index in [2.05, 4.69) is 20.5 Å². The van der Waals surface area contributed by atoms with Crippen LogP contribution in [0.4, 0.5) is 0 Å². The molecule has 1 atom stereocenters. The molecule has 1 aromatic carbocycles. The number of hydrogen-bond acceptors (Lipinski definition) is 6. The number of aromatic nitrogens is 3. The summed E-state index contributed by atoms with van der Waals surface area (Å²) < 4.78 is 16.6. The molecule has 2 aromatic rings. The minimum atomic E-state index is 0.0756. The number of fused-ring (bicyclic) bond motifs is 1. The lowest BCUT2D eigenvalue weighted by atomic mass is 10.1. The van der Waals surface area contributed by atoms with E-state index in [1.165, 1.54) is 6.33 Å². The van der Waals surface area contributed by atoms with Crippen molar-refractivity contribution in [3.8, 4) is 17.2 Å². The van der Waals surface area contributed by atoms with Crippen LogP contribution in [-0.4, -0.2) is 35.5 Å². The Kier molecular flexibility index (Phi) is 3.92. The van der Waals surface area contributed by atoms with E-state index in [-0.39, 0.29) is 6.04 Å². The fourth-order valence-corrected chi connectivity index (χ4v) is 2.22. The highest BCUT2D eigenvalue weighted by atomic mass is 16.6. The number of nitrogens with zero attached hydrogens (tertiary/aromatic N) is 2. The fraction of sp³-hybridized carbons (Fsp3) is 0.429. The normalized spacial score (nSPS) is 14.8. The molecule has 1 aliphatic rings. The number of rotatable bonds is 5. The number of benzene rings is 1. The van der Waals surface area contributed by atoms with Gasteiger partial charge in [-0.15, -0.1) is 0 Å². The van der Waals surface area contributed by atoms with Gasteiger partial charge in [0.05, 0.1) is 13.2 Å². The lowest BCUT2D eigenvalue weighted by Gasteiger charge is -2.22. The van der Waals surface area contributed by atoms with Crippen LogP contribution in [0.1, 0.15) is 24.4 Å². The summed E-state index contributed by atoms with van der Waals surface area (Å²) in [5.74, 6) is 2.90. The molecule has 7 nitrogen and oxygen atoms in total. The zero-order chi connectivity index (χ0) is 14.7. The minimum absolute atomic E-state index is 0.0756. The second-order valence-electron chi connectivity index (χ2n) is 4.80. The van der Waals surface area contributed by atoms with Gasteiger partial charge < -0.3 is 19.5 Å². The molecule has 2 heterocycles. The Labute approximate surface area is 122 Å². The average Bonchev–Trinajstić information content (AvgIpc) is 3.06. The van der Waals surface area contributed by atoms with Crippen LogP contribution < -0.4 is 19.5 Å². The highest BCUT2D eigenvalue weighted by molar-refractivity contribution is 5.54. The second kappa shape index (κ2) is 6.01. The Morgan fingerprint density at radius 3 is 3.00 bits per heavy atom. The highest BCUT2D eigenvalue weighted by Crippen LogP contribution is 2.40. The second-order valence-corrected chi connectivity index (χ2v) is 4.80. The molecular formula is C14H18N4O3. The van der Waals surface area contributed by atoms with Crippen LogP contribution in [0.5, 0.6) is 17.2 Å². The molecule has 0 saturated heterocycles. The largest absolute Gasteiger partial charge is 0.493 e. The van der Waals surface area contributed by atoms with Crippen molar-refractivity contribution in [3.05, 3.63) is 29.8 Å². The molecular weight excluding hydrogens is 272 g/mol. The van der Waals surface area contributed by atoms with Gasteiger partial charge >= 0.3 is 0 Å². The maximum absolute atomic E-state index is 5.62. The van der Waals surface area contributed by atoms with E-state index >= 15 is 0 Å². The highest BCUT2D eigenvalue weighted by Gasteiger charge is 2.18. The quantitative estimate of drug-likeness (QED) is 0.867. The number of hydrogen-bond donors (Lipinski definition) is 2. The minimum Gasteiger partial charge on any atom is -0.493 e. The Morgan fingerprint density at radius 1 is 1.38 bits per heavy atom. The zero-order valence-corrected chi connectivity index (χ0v) is 12.0. The molecule has 0 amide bonds. The van der Waals surface area contributed by atoms with Crippen molar-refractivity contribution in [2.45, 2.75) is 19.5 Å². The summed E-state index contributed by atoms with van der Waals surface area (Å²) in [6.07, 6.45) is 1.50. The lowest BCUT2D eigenvalue weighted by Crippen LogP contribution is -2.20. The number of ether oxygens (including phenoxy) is 3. The number of methoxy groups -OCH3 is 1.